The zero-order valence-electron chi connectivity index (χ0n) is 12.9. The van der Waals surface area contributed by atoms with Crippen LogP contribution in [0.1, 0.15) is 27.0 Å². The Balaban J connectivity index is 2.03. The Kier molecular flexibility index (Phi) is 4.98. The summed E-state index contributed by atoms with van der Waals surface area (Å²) in [6.45, 7) is 2.10. The van der Waals surface area contributed by atoms with E-state index in [4.69, 9.17) is 4.74 Å². The van der Waals surface area contributed by atoms with Gasteiger partial charge in [-0.25, -0.2) is 4.79 Å². The lowest BCUT2D eigenvalue weighted by atomic mass is 10.2. The summed E-state index contributed by atoms with van der Waals surface area (Å²) in [5.41, 5.74) is 1.40. The first-order valence-electron chi connectivity index (χ1n) is 7.10. The number of thiazole rings is 1. The molecule has 0 N–H and O–H groups in total. The van der Waals surface area contributed by atoms with E-state index in [2.05, 4.69) is 20.9 Å². The van der Waals surface area contributed by atoms with Crippen LogP contribution in [0, 0.1) is 0 Å². The van der Waals surface area contributed by atoms with Crippen LogP contribution >= 0.6 is 38.6 Å². The third-order valence-electron chi connectivity index (χ3n) is 3.30. The van der Waals surface area contributed by atoms with Crippen molar-refractivity contribution in [1.82, 2.24) is 4.57 Å². The molecular formula is C16H13BrN2O3S2. The van der Waals surface area contributed by atoms with Crippen LogP contribution in [-0.4, -0.2) is 23.1 Å². The Labute approximate surface area is 154 Å². The van der Waals surface area contributed by atoms with Crippen LogP contribution in [-0.2, 0) is 11.8 Å². The van der Waals surface area contributed by atoms with Crippen LogP contribution < -0.4 is 4.80 Å². The van der Waals surface area contributed by atoms with E-state index in [-0.39, 0.29) is 11.9 Å². The van der Waals surface area contributed by atoms with Crippen LogP contribution in [0.25, 0.3) is 10.2 Å². The predicted molar refractivity (Wildman–Crippen MR) is 98.7 cm³/mol. The van der Waals surface area contributed by atoms with Crippen molar-refractivity contribution in [3.05, 3.63) is 49.4 Å². The maximum absolute atomic E-state index is 12.3. The fraction of sp³-hybridized carbons (Fsp3) is 0.188. The summed E-state index contributed by atoms with van der Waals surface area (Å²) in [6, 6.07) is 8.89. The summed E-state index contributed by atoms with van der Waals surface area (Å²) < 4.78 is 8.63. The number of hydrogen-bond donors (Lipinski definition) is 0. The number of nitrogens with zero attached hydrogens (tertiary/aromatic N) is 2. The largest absolute Gasteiger partial charge is 0.462 e. The molecule has 0 unspecified atom stereocenters. The molecule has 0 bridgehead atoms. The van der Waals surface area contributed by atoms with Gasteiger partial charge in [-0.3, -0.25) is 4.79 Å². The van der Waals surface area contributed by atoms with Crippen molar-refractivity contribution in [3.8, 4) is 0 Å². The maximum atomic E-state index is 12.3. The summed E-state index contributed by atoms with van der Waals surface area (Å²) in [5.74, 6) is -0.632. The number of benzene rings is 1. The van der Waals surface area contributed by atoms with Gasteiger partial charge in [-0.1, -0.05) is 11.3 Å². The number of thiophene rings is 1. The van der Waals surface area contributed by atoms with E-state index in [1.165, 1.54) is 22.7 Å². The van der Waals surface area contributed by atoms with E-state index in [9.17, 15) is 9.59 Å². The molecule has 5 nitrogen and oxygen atoms in total. The van der Waals surface area contributed by atoms with Gasteiger partial charge in [0.1, 0.15) is 0 Å². The third-order valence-corrected chi connectivity index (χ3v) is 6.01. The number of carbonyl (C=O) groups excluding carboxylic acids is 2. The van der Waals surface area contributed by atoms with Crippen LogP contribution in [0.5, 0.6) is 0 Å². The molecule has 24 heavy (non-hydrogen) atoms. The molecule has 2 aromatic heterocycles. The summed E-state index contributed by atoms with van der Waals surface area (Å²) in [5, 5.41) is 0. The monoisotopic (exact) mass is 424 g/mol. The molecule has 0 aliphatic carbocycles. The smallest absolute Gasteiger partial charge is 0.338 e. The summed E-state index contributed by atoms with van der Waals surface area (Å²) >= 11 is 6.05. The highest BCUT2D eigenvalue weighted by Crippen LogP contribution is 2.23. The molecule has 0 saturated carbocycles. The van der Waals surface area contributed by atoms with E-state index in [0.717, 1.165) is 14.0 Å². The number of aryl methyl sites for hydroxylation is 1. The molecule has 0 saturated heterocycles. The van der Waals surface area contributed by atoms with Crippen molar-refractivity contribution in [2.24, 2.45) is 12.0 Å². The van der Waals surface area contributed by atoms with Gasteiger partial charge in [0.2, 0.25) is 0 Å². The van der Waals surface area contributed by atoms with Gasteiger partial charge in [-0.2, -0.15) is 4.99 Å². The van der Waals surface area contributed by atoms with Gasteiger partial charge in [-0.05, 0) is 53.2 Å². The van der Waals surface area contributed by atoms with Crippen molar-refractivity contribution in [3.63, 3.8) is 0 Å². The normalized spacial score (nSPS) is 11.9. The number of esters is 1. The number of carbonyl (C=O) groups is 2. The minimum Gasteiger partial charge on any atom is -0.462 e. The molecular weight excluding hydrogens is 412 g/mol. The number of aromatic nitrogens is 1. The fourth-order valence-electron chi connectivity index (χ4n) is 2.15. The summed E-state index contributed by atoms with van der Waals surface area (Å²) in [7, 11) is 1.85. The van der Waals surface area contributed by atoms with Crippen LogP contribution in [0.4, 0.5) is 0 Å². The van der Waals surface area contributed by atoms with Crippen molar-refractivity contribution < 1.29 is 14.3 Å². The quantitative estimate of drug-likeness (QED) is 0.597. The molecule has 0 atom stereocenters. The topological polar surface area (TPSA) is 60.7 Å². The Bertz CT molecular complexity index is 1000. The van der Waals surface area contributed by atoms with Gasteiger partial charge in [0, 0.05) is 7.05 Å². The van der Waals surface area contributed by atoms with E-state index in [1.54, 1.807) is 25.1 Å². The van der Waals surface area contributed by atoms with Gasteiger partial charge in [0.05, 0.1) is 31.1 Å². The lowest BCUT2D eigenvalue weighted by Gasteiger charge is -2.01. The van der Waals surface area contributed by atoms with Gasteiger partial charge in [-0.15, -0.1) is 11.3 Å². The average Bonchev–Trinajstić information content (AvgIpc) is 3.12. The molecule has 8 heteroatoms. The summed E-state index contributed by atoms with van der Waals surface area (Å²) in [4.78, 5) is 29.5. The van der Waals surface area contributed by atoms with E-state index >= 15 is 0 Å². The van der Waals surface area contributed by atoms with Crippen LogP contribution in [0.15, 0.2) is 39.1 Å². The van der Waals surface area contributed by atoms with E-state index in [1.807, 2.05) is 23.7 Å². The molecule has 3 aromatic rings. The number of halogens is 1. The van der Waals surface area contributed by atoms with Crippen molar-refractivity contribution in [2.75, 3.05) is 6.61 Å². The highest BCUT2D eigenvalue weighted by Gasteiger charge is 2.12. The molecule has 1 amide bonds. The SMILES string of the molecule is CCOC(=O)c1ccc2c(c1)sc(=NC(=O)c1ccc(Br)s1)n2C. The predicted octanol–water partition coefficient (Wildman–Crippen LogP) is 3.98. The highest BCUT2D eigenvalue weighted by atomic mass is 79.9. The maximum Gasteiger partial charge on any atom is 0.338 e. The van der Waals surface area contributed by atoms with Gasteiger partial charge in [0.15, 0.2) is 4.80 Å². The third kappa shape index (κ3) is 3.35. The second kappa shape index (κ2) is 7.00. The molecule has 3 rings (SSSR count). The van der Waals surface area contributed by atoms with Gasteiger partial charge >= 0.3 is 5.97 Å². The second-order valence-corrected chi connectivity index (χ2v) is 8.34. The van der Waals surface area contributed by atoms with Crippen molar-refractivity contribution in [1.29, 1.82) is 0 Å². The molecule has 0 fully saturated rings. The minimum atomic E-state index is -0.353. The standard InChI is InChI=1S/C16H13BrN2O3S2/c1-3-22-15(21)9-4-5-10-12(8-9)24-16(19(10)2)18-14(20)11-6-7-13(17)23-11/h4-8H,3H2,1-2H3. The van der Waals surface area contributed by atoms with Gasteiger partial charge in [0.25, 0.3) is 5.91 Å². The highest BCUT2D eigenvalue weighted by molar-refractivity contribution is 9.11. The van der Waals surface area contributed by atoms with Gasteiger partial charge < -0.3 is 9.30 Å². The number of hydrogen-bond acceptors (Lipinski definition) is 5. The first-order valence-corrected chi connectivity index (χ1v) is 9.53. The first kappa shape index (κ1) is 17.1. The number of amides is 1. The second-order valence-electron chi connectivity index (χ2n) is 4.87. The van der Waals surface area contributed by atoms with E-state index < -0.39 is 0 Å². The van der Waals surface area contributed by atoms with Crippen LogP contribution in [0.3, 0.4) is 0 Å². The lowest BCUT2D eigenvalue weighted by molar-refractivity contribution is 0.0526. The molecule has 2 heterocycles. The molecule has 0 aliphatic heterocycles. The lowest BCUT2D eigenvalue weighted by Crippen LogP contribution is -2.12. The Morgan fingerprint density at radius 1 is 1.25 bits per heavy atom. The Morgan fingerprint density at radius 2 is 2.04 bits per heavy atom. The van der Waals surface area contributed by atoms with Crippen molar-refractivity contribution in [2.45, 2.75) is 6.92 Å². The fourth-order valence-corrected chi connectivity index (χ4v) is 4.48. The number of ether oxygens (including phenoxy) is 1. The minimum absolute atomic E-state index is 0.279. The molecule has 1 aromatic carbocycles. The zero-order chi connectivity index (χ0) is 17.3. The molecule has 124 valence electrons. The Hall–Kier alpha value is -1.77. The average molecular weight is 425 g/mol. The van der Waals surface area contributed by atoms with Crippen molar-refractivity contribution >= 4 is 60.7 Å². The molecule has 0 spiro atoms. The summed E-state index contributed by atoms with van der Waals surface area (Å²) in [6.07, 6.45) is 0. The molecule has 0 aliphatic rings. The number of rotatable bonds is 3. The zero-order valence-corrected chi connectivity index (χ0v) is 16.1. The van der Waals surface area contributed by atoms with Crippen LogP contribution in [0.2, 0.25) is 0 Å². The first-order chi connectivity index (χ1) is 11.5. The van der Waals surface area contributed by atoms with E-state index in [0.29, 0.717) is 21.8 Å². The Morgan fingerprint density at radius 3 is 2.71 bits per heavy atom. The number of fused-ring (bicyclic) bond motifs is 1. The molecule has 0 radical (unpaired) electrons.